The fraction of sp³-hybridized carbons (Fsp3) is 0.391. The lowest BCUT2D eigenvalue weighted by molar-refractivity contribution is 0.0525. The van der Waals surface area contributed by atoms with Crippen LogP contribution in [0, 0.1) is 13.8 Å². The molecule has 0 saturated carbocycles. The molecule has 0 bridgehead atoms. The van der Waals surface area contributed by atoms with Crippen LogP contribution >= 0.6 is 0 Å². The van der Waals surface area contributed by atoms with Crippen molar-refractivity contribution in [3.8, 4) is 11.4 Å². The summed E-state index contributed by atoms with van der Waals surface area (Å²) in [6.45, 7) is 6.47. The molecule has 2 N–H and O–H groups in total. The summed E-state index contributed by atoms with van der Waals surface area (Å²) in [7, 11) is 0. The van der Waals surface area contributed by atoms with Gasteiger partial charge in [0.25, 0.3) is 5.91 Å². The number of aryl methyl sites for hydroxylation is 2. The third kappa shape index (κ3) is 4.10. The smallest absolute Gasteiger partial charge is 0.340 e. The maximum absolute atomic E-state index is 12.8. The number of fused-ring (bicyclic) bond motifs is 1. The predicted octanol–water partition coefficient (Wildman–Crippen LogP) is 4.05. The number of benzene rings is 1. The zero-order valence-electron chi connectivity index (χ0n) is 18.1. The molecule has 8 heteroatoms. The molecule has 0 unspecified atom stereocenters. The second-order valence-corrected chi connectivity index (χ2v) is 7.78. The Morgan fingerprint density at radius 1 is 1.13 bits per heavy atom. The number of amides is 1. The van der Waals surface area contributed by atoms with Crippen LogP contribution in [-0.2, 0) is 17.7 Å². The normalized spacial score (nSPS) is 13.4. The first-order valence-corrected chi connectivity index (χ1v) is 10.7. The van der Waals surface area contributed by atoms with Crippen molar-refractivity contribution >= 4 is 17.6 Å². The number of nitrogens with one attached hydrogen (secondary N) is 2. The van der Waals surface area contributed by atoms with Gasteiger partial charge in [-0.3, -0.25) is 4.79 Å². The molecule has 31 heavy (non-hydrogen) atoms. The molecule has 0 spiro atoms. The molecular weight excluding hydrogens is 394 g/mol. The Kier molecular flexibility index (Phi) is 5.88. The lowest BCUT2D eigenvalue weighted by Crippen LogP contribution is -2.14. The van der Waals surface area contributed by atoms with Crippen LogP contribution in [0.25, 0.3) is 11.4 Å². The van der Waals surface area contributed by atoms with Crippen LogP contribution in [0.2, 0.25) is 0 Å². The fourth-order valence-electron chi connectivity index (χ4n) is 4.08. The molecule has 0 radical (unpaired) electrons. The van der Waals surface area contributed by atoms with Gasteiger partial charge in [-0.1, -0.05) is 6.42 Å². The van der Waals surface area contributed by atoms with E-state index in [1.165, 1.54) is 6.42 Å². The molecule has 1 amide bonds. The minimum Gasteiger partial charge on any atom is -0.462 e. The van der Waals surface area contributed by atoms with Crippen LogP contribution in [0.15, 0.2) is 24.3 Å². The van der Waals surface area contributed by atoms with Crippen molar-refractivity contribution in [3.05, 3.63) is 52.6 Å². The number of hydrogen-bond donors (Lipinski definition) is 2. The highest BCUT2D eigenvalue weighted by Gasteiger charge is 2.23. The number of anilines is 1. The van der Waals surface area contributed by atoms with Crippen molar-refractivity contribution in [3.63, 3.8) is 0 Å². The topological polar surface area (TPSA) is 102 Å². The number of aromatic amines is 1. The standard InChI is InChI=1S/C23H27N5O3/c1-4-31-23(30)19-14(2)20(24-15(19)3)22(29)25-17-11-9-16(10-12-17)21-27-26-18-8-6-5-7-13-28(18)21/h9-12,24H,4-8,13H2,1-3H3,(H,25,29). The molecule has 8 nitrogen and oxygen atoms in total. The van der Waals surface area contributed by atoms with Gasteiger partial charge in [-0.05, 0) is 63.4 Å². The van der Waals surface area contributed by atoms with E-state index in [2.05, 4.69) is 25.1 Å². The van der Waals surface area contributed by atoms with E-state index in [0.29, 0.717) is 28.2 Å². The lowest BCUT2D eigenvalue weighted by atomic mass is 10.1. The molecule has 2 aromatic heterocycles. The highest BCUT2D eigenvalue weighted by Crippen LogP contribution is 2.25. The summed E-state index contributed by atoms with van der Waals surface area (Å²) >= 11 is 0. The average molecular weight is 422 g/mol. The number of H-pyrrole nitrogens is 1. The monoisotopic (exact) mass is 421 g/mol. The number of carbonyl (C=O) groups excluding carboxylic acids is 2. The van der Waals surface area contributed by atoms with E-state index in [-0.39, 0.29) is 12.5 Å². The van der Waals surface area contributed by atoms with Crippen LogP contribution in [0.1, 0.15) is 64.1 Å². The Bertz CT molecular complexity index is 1110. The number of ether oxygens (including phenoxy) is 1. The number of aromatic nitrogens is 4. The van der Waals surface area contributed by atoms with Crippen molar-refractivity contribution in [2.45, 2.75) is 53.0 Å². The van der Waals surface area contributed by atoms with Gasteiger partial charge in [-0.15, -0.1) is 10.2 Å². The summed E-state index contributed by atoms with van der Waals surface area (Å²) in [5.41, 5.74) is 3.59. The second kappa shape index (κ2) is 8.75. The van der Waals surface area contributed by atoms with Crippen molar-refractivity contribution < 1.29 is 14.3 Å². The summed E-state index contributed by atoms with van der Waals surface area (Å²) in [5.74, 6) is 1.18. The summed E-state index contributed by atoms with van der Waals surface area (Å²) in [4.78, 5) is 28.0. The Labute approximate surface area is 181 Å². The van der Waals surface area contributed by atoms with Gasteiger partial charge in [0.05, 0.1) is 12.2 Å². The predicted molar refractivity (Wildman–Crippen MR) is 117 cm³/mol. The van der Waals surface area contributed by atoms with Gasteiger partial charge in [-0.2, -0.15) is 0 Å². The van der Waals surface area contributed by atoms with E-state index >= 15 is 0 Å². The van der Waals surface area contributed by atoms with Gasteiger partial charge < -0.3 is 19.6 Å². The zero-order valence-corrected chi connectivity index (χ0v) is 18.1. The van der Waals surface area contributed by atoms with E-state index in [1.807, 2.05) is 24.3 Å². The molecule has 3 heterocycles. The summed E-state index contributed by atoms with van der Waals surface area (Å²) in [5, 5.41) is 11.6. The largest absolute Gasteiger partial charge is 0.462 e. The summed E-state index contributed by atoms with van der Waals surface area (Å²) in [6.07, 6.45) is 4.46. The van der Waals surface area contributed by atoms with Crippen LogP contribution < -0.4 is 5.32 Å². The summed E-state index contributed by atoms with van der Waals surface area (Å²) < 4.78 is 7.29. The van der Waals surface area contributed by atoms with E-state index in [1.54, 1.807) is 20.8 Å². The fourth-order valence-corrected chi connectivity index (χ4v) is 4.08. The molecule has 0 aliphatic carbocycles. The first kappa shape index (κ1) is 20.8. The van der Waals surface area contributed by atoms with Crippen LogP contribution in [-0.4, -0.2) is 38.2 Å². The van der Waals surface area contributed by atoms with Gasteiger partial charge >= 0.3 is 5.97 Å². The Morgan fingerprint density at radius 2 is 1.90 bits per heavy atom. The van der Waals surface area contributed by atoms with Gasteiger partial charge in [0.15, 0.2) is 5.82 Å². The molecule has 1 aliphatic heterocycles. The number of esters is 1. The van der Waals surface area contributed by atoms with Crippen molar-refractivity contribution in [2.24, 2.45) is 0 Å². The highest BCUT2D eigenvalue weighted by atomic mass is 16.5. The molecule has 0 fully saturated rings. The second-order valence-electron chi connectivity index (χ2n) is 7.78. The van der Waals surface area contributed by atoms with Crippen LogP contribution in [0.5, 0.6) is 0 Å². The van der Waals surface area contributed by atoms with Gasteiger partial charge in [0.2, 0.25) is 0 Å². The van der Waals surface area contributed by atoms with E-state index in [9.17, 15) is 9.59 Å². The maximum atomic E-state index is 12.8. The minimum atomic E-state index is -0.426. The third-order valence-electron chi connectivity index (χ3n) is 5.65. The Morgan fingerprint density at radius 3 is 2.65 bits per heavy atom. The van der Waals surface area contributed by atoms with Crippen LogP contribution in [0.3, 0.4) is 0 Å². The first-order valence-electron chi connectivity index (χ1n) is 10.7. The quantitative estimate of drug-likeness (QED) is 0.605. The Balaban J connectivity index is 1.51. The van der Waals surface area contributed by atoms with Crippen molar-refractivity contribution in [1.29, 1.82) is 0 Å². The zero-order chi connectivity index (χ0) is 22.0. The van der Waals surface area contributed by atoms with Crippen molar-refractivity contribution in [2.75, 3.05) is 11.9 Å². The molecule has 162 valence electrons. The number of rotatable bonds is 5. The summed E-state index contributed by atoms with van der Waals surface area (Å²) in [6, 6.07) is 7.58. The Hall–Kier alpha value is -3.42. The van der Waals surface area contributed by atoms with Crippen molar-refractivity contribution in [1.82, 2.24) is 19.7 Å². The van der Waals surface area contributed by atoms with E-state index in [0.717, 1.165) is 43.0 Å². The van der Waals surface area contributed by atoms with Gasteiger partial charge in [0.1, 0.15) is 11.5 Å². The molecule has 4 rings (SSSR count). The molecule has 0 saturated heterocycles. The van der Waals surface area contributed by atoms with Gasteiger partial charge in [-0.25, -0.2) is 4.79 Å². The maximum Gasteiger partial charge on any atom is 0.340 e. The molecular formula is C23H27N5O3. The first-order chi connectivity index (χ1) is 15.0. The SMILES string of the molecule is CCOC(=O)c1c(C)[nH]c(C(=O)Nc2ccc(-c3nnc4n3CCCCC4)cc2)c1C. The molecule has 1 aliphatic rings. The lowest BCUT2D eigenvalue weighted by Gasteiger charge is -2.09. The van der Waals surface area contributed by atoms with Crippen LogP contribution in [0.4, 0.5) is 5.69 Å². The van der Waals surface area contributed by atoms with E-state index in [4.69, 9.17) is 4.74 Å². The number of carbonyl (C=O) groups is 2. The van der Waals surface area contributed by atoms with E-state index < -0.39 is 5.97 Å². The average Bonchev–Trinajstić information content (AvgIpc) is 3.19. The minimum absolute atomic E-state index is 0.284. The molecule has 0 atom stereocenters. The highest BCUT2D eigenvalue weighted by molar-refractivity contribution is 6.06. The molecule has 3 aromatic rings. The number of nitrogens with zero attached hydrogens (tertiary/aromatic N) is 3. The third-order valence-corrected chi connectivity index (χ3v) is 5.65. The van der Waals surface area contributed by atoms with Gasteiger partial charge in [0, 0.05) is 29.9 Å². The molecule has 1 aromatic carbocycles. The number of hydrogen-bond acceptors (Lipinski definition) is 5.